The second-order valence-corrected chi connectivity index (χ2v) is 21.7. The molecule has 0 aliphatic carbocycles. The summed E-state index contributed by atoms with van der Waals surface area (Å²) >= 11 is 0. The van der Waals surface area contributed by atoms with Crippen molar-refractivity contribution in [3.63, 3.8) is 0 Å². The minimum Gasteiger partial charge on any atom is -0.462 e. The molecule has 0 fully saturated rings. The van der Waals surface area contributed by atoms with Gasteiger partial charge < -0.3 is 14.2 Å². The topological polar surface area (TPSA) is 78.9 Å². The van der Waals surface area contributed by atoms with Crippen LogP contribution in [0.2, 0.25) is 0 Å². The minimum atomic E-state index is -0.778. The van der Waals surface area contributed by atoms with E-state index < -0.39 is 6.10 Å². The normalized spacial score (nSPS) is 12.3. The molecular formula is C67H122O6. The quantitative estimate of drug-likeness (QED) is 0.0261. The van der Waals surface area contributed by atoms with Gasteiger partial charge in [0.25, 0.3) is 0 Å². The summed E-state index contributed by atoms with van der Waals surface area (Å²) in [7, 11) is 0. The molecule has 0 aromatic carbocycles. The Hall–Kier alpha value is -2.63. The highest BCUT2D eigenvalue weighted by atomic mass is 16.6. The van der Waals surface area contributed by atoms with Crippen molar-refractivity contribution >= 4 is 17.9 Å². The highest BCUT2D eigenvalue weighted by molar-refractivity contribution is 5.71. The smallest absolute Gasteiger partial charge is 0.306 e. The molecule has 6 heteroatoms. The third-order valence-electron chi connectivity index (χ3n) is 14.3. The summed E-state index contributed by atoms with van der Waals surface area (Å²) in [5, 5.41) is 0. The maximum absolute atomic E-state index is 12.9. The molecule has 0 aromatic rings. The molecule has 0 saturated carbocycles. The van der Waals surface area contributed by atoms with E-state index in [4.69, 9.17) is 14.2 Å². The lowest BCUT2D eigenvalue weighted by atomic mass is 10.0. The first kappa shape index (κ1) is 70.4. The Labute approximate surface area is 454 Å². The van der Waals surface area contributed by atoms with Gasteiger partial charge in [0.2, 0.25) is 0 Å². The van der Waals surface area contributed by atoms with Crippen LogP contribution in [-0.4, -0.2) is 37.2 Å². The number of carbonyl (C=O) groups excluding carboxylic acids is 3. The van der Waals surface area contributed by atoms with E-state index in [1.165, 1.54) is 218 Å². The number of ether oxygens (including phenoxy) is 3. The summed E-state index contributed by atoms with van der Waals surface area (Å²) in [4.78, 5) is 38.3. The summed E-state index contributed by atoms with van der Waals surface area (Å²) in [6.45, 7) is 6.66. The molecule has 0 aliphatic rings. The number of rotatable bonds is 59. The van der Waals surface area contributed by atoms with Gasteiger partial charge in [0.15, 0.2) is 6.10 Å². The van der Waals surface area contributed by atoms with Crippen molar-refractivity contribution in [2.24, 2.45) is 0 Å². The van der Waals surface area contributed by atoms with E-state index in [-0.39, 0.29) is 31.1 Å². The summed E-state index contributed by atoms with van der Waals surface area (Å²) in [5.74, 6) is -0.870. The molecule has 0 heterocycles. The number of hydrogen-bond donors (Lipinski definition) is 0. The molecule has 0 aliphatic heterocycles. The van der Waals surface area contributed by atoms with E-state index >= 15 is 0 Å². The molecule has 1 unspecified atom stereocenters. The lowest BCUT2D eigenvalue weighted by Gasteiger charge is -2.18. The standard InChI is InChI=1S/C67H122O6/c1-4-7-10-13-16-19-22-25-28-30-32-33-34-35-36-38-39-42-45-48-51-54-57-60-66(69)72-63-64(62-71-65(68)59-56-53-50-47-44-41-27-24-21-18-15-12-9-6-3)73-67(70)61-58-55-52-49-46-43-40-37-31-29-26-23-20-17-14-11-8-5-2/h22,24-25,27,30,32,34-35,64H,4-21,23,26,28-29,31,33,36-63H2,1-3H3/b25-22-,27-24-,32-30-,35-34-. The van der Waals surface area contributed by atoms with Gasteiger partial charge in [-0.2, -0.15) is 0 Å². The number of hydrogen-bond acceptors (Lipinski definition) is 6. The predicted molar refractivity (Wildman–Crippen MR) is 316 cm³/mol. The van der Waals surface area contributed by atoms with Crippen LogP contribution in [0.3, 0.4) is 0 Å². The van der Waals surface area contributed by atoms with Crippen LogP contribution < -0.4 is 0 Å². The van der Waals surface area contributed by atoms with Crippen molar-refractivity contribution in [1.82, 2.24) is 0 Å². The van der Waals surface area contributed by atoms with Crippen LogP contribution in [0.15, 0.2) is 48.6 Å². The highest BCUT2D eigenvalue weighted by Gasteiger charge is 2.19. The third-order valence-corrected chi connectivity index (χ3v) is 14.3. The molecule has 0 amide bonds. The molecule has 426 valence electrons. The van der Waals surface area contributed by atoms with Gasteiger partial charge in [0, 0.05) is 19.3 Å². The van der Waals surface area contributed by atoms with Crippen molar-refractivity contribution in [3.05, 3.63) is 48.6 Å². The van der Waals surface area contributed by atoms with Gasteiger partial charge in [0.1, 0.15) is 13.2 Å². The fourth-order valence-electron chi connectivity index (χ4n) is 9.45. The second-order valence-electron chi connectivity index (χ2n) is 21.7. The molecule has 0 rings (SSSR count). The Morgan fingerprint density at radius 1 is 0.274 bits per heavy atom. The number of esters is 3. The Kier molecular flexibility index (Phi) is 59.7. The van der Waals surface area contributed by atoms with Crippen LogP contribution in [-0.2, 0) is 28.6 Å². The molecular weight excluding hydrogens is 901 g/mol. The Morgan fingerprint density at radius 3 is 0.781 bits per heavy atom. The van der Waals surface area contributed by atoms with Crippen molar-refractivity contribution in [1.29, 1.82) is 0 Å². The zero-order valence-electron chi connectivity index (χ0n) is 48.9. The highest BCUT2D eigenvalue weighted by Crippen LogP contribution is 2.17. The summed E-state index contributed by atoms with van der Waals surface area (Å²) < 4.78 is 16.9. The average molecular weight is 1020 g/mol. The first-order chi connectivity index (χ1) is 36.0. The number of allylic oxidation sites excluding steroid dienone is 8. The average Bonchev–Trinajstić information content (AvgIpc) is 3.39. The Balaban J connectivity index is 4.33. The molecule has 0 N–H and O–H groups in total. The predicted octanol–water partition coefficient (Wildman–Crippen LogP) is 21.8. The first-order valence-electron chi connectivity index (χ1n) is 32.1. The van der Waals surface area contributed by atoms with Gasteiger partial charge in [-0.15, -0.1) is 0 Å². The van der Waals surface area contributed by atoms with Crippen LogP contribution in [0.4, 0.5) is 0 Å². The van der Waals surface area contributed by atoms with Crippen LogP contribution in [0, 0.1) is 0 Å². The van der Waals surface area contributed by atoms with E-state index in [0.717, 1.165) is 83.5 Å². The van der Waals surface area contributed by atoms with Crippen molar-refractivity contribution in [2.45, 2.75) is 348 Å². The lowest BCUT2D eigenvalue weighted by Crippen LogP contribution is -2.30. The fourth-order valence-corrected chi connectivity index (χ4v) is 9.45. The van der Waals surface area contributed by atoms with E-state index in [1.54, 1.807) is 0 Å². The van der Waals surface area contributed by atoms with E-state index in [9.17, 15) is 14.4 Å². The van der Waals surface area contributed by atoms with E-state index in [2.05, 4.69) is 69.4 Å². The maximum atomic E-state index is 12.9. The SMILES string of the molecule is CCCCCCC/C=C\C/C=C\C/C=C\CCCCCCCCCCC(=O)OCC(COC(=O)CCCCCCC/C=C\CCCCCCC)OC(=O)CCCCCCCCCCCCCCCCCCCC. The molecule has 73 heavy (non-hydrogen) atoms. The van der Waals surface area contributed by atoms with Gasteiger partial charge in [-0.1, -0.05) is 288 Å². The van der Waals surface area contributed by atoms with Crippen molar-refractivity contribution in [2.75, 3.05) is 13.2 Å². The summed E-state index contributed by atoms with van der Waals surface area (Å²) in [6.07, 6.45) is 76.8. The molecule has 0 spiro atoms. The molecule has 6 nitrogen and oxygen atoms in total. The van der Waals surface area contributed by atoms with Gasteiger partial charge in [-0.3, -0.25) is 14.4 Å². The van der Waals surface area contributed by atoms with Gasteiger partial charge in [0.05, 0.1) is 0 Å². The van der Waals surface area contributed by atoms with Crippen LogP contribution in [0.5, 0.6) is 0 Å². The number of unbranched alkanes of at least 4 members (excludes halogenated alkanes) is 40. The fraction of sp³-hybridized carbons (Fsp3) is 0.836. The second kappa shape index (κ2) is 61.9. The van der Waals surface area contributed by atoms with Crippen LogP contribution in [0.1, 0.15) is 342 Å². The lowest BCUT2D eigenvalue weighted by molar-refractivity contribution is -0.167. The van der Waals surface area contributed by atoms with E-state index in [0.29, 0.717) is 19.3 Å². The summed E-state index contributed by atoms with van der Waals surface area (Å²) in [5.41, 5.74) is 0. The maximum Gasteiger partial charge on any atom is 0.306 e. The van der Waals surface area contributed by atoms with Crippen LogP contribution >= 0.6 is 0 Å². The van der Waals surface area contributed by atoms with Crippen LogP contribution in [0.25, 0.3) is 0 Å². The van der Waals surface area contributed by atoms with Crippen molar-refractivity contribution < 1.29 is 28.6 Å². The molecule has 1 atom stereocenters. The third kappa shape index (κ3) is 60.1. The molecule has 0 saturated heterocycles. The minimum absolute atomic E-state index is 0.0763. The molecule has 0 bridgehead atoms. The zero-order valence-corrected chi connectivity index (χ0v) is 48.9. The molecule has 0 radical (unpaired) electrons. The number of carbonyl (C=O) groups is 3. The van der Waals surface area contributed by atoms with Gasteiger partial charge >= 0.3 is 17.9 Å². The Bertz CT molecular complexity index is 1270. The largest absolute Gasteiger partial charge is 0.462 e. The Morgan fingerprint density at radius 2 is 0.493 bits per heavy atom. The zero-order chi connectivity index (χ0) is 52.9. The monoisotopic (exact) mass is 1020 g/mol. The van der Waals surface area contributed by atoms with Gasteiger partial charge in [-0.25, -0.2) is 0 Å². The summed E-state index contributed by atoms with van der Waals surface area (Å²) in [6, 6.07) is 0. The first-order valence-corrected chi connectivity index (χ1v) is 32.1. The van der Waals surface area contributed by atoms with Crippen molar-refractivity contribution in [3.8, 4) is 0 Å². The van der Waals surface area contributed by atoms with Gasteiger partial charge in [-0.05, 0) is 83.5 Å². The molecule has 0 aromatic heterocycles. The van der Waals surface area contributed by atoms with E-state index in [1.807, 2.05) is 0 Å².